The lowest BCUT2D eigenvalue weighted by Gasteiger charge is -2.04. The smallest absolute Gasteiger partial charge is 0.303 e. The molecule has 0 aliphatic heterocycles. The predicted octanol–water partition coefficient (Wildman–Crippen LogP) is 1.38. The Kier molecular flexibility index (Phi) is 6.08. The molecule has 0 saturated heterocycles. The Hall–Kier alpha value is -2.37. The van der Waals surface area contributed by atoms with Crippen LogP contribution in [0.15, 0.2) is 34.4 Å². The van der Waals surface area contributed by atoms with Crippen LogP contribution in [-0.4, -0.2) is 34.7 Å². The van der Waals surface area contributed by atoms with Gasteiger partial charge in [-0.05, 0) is 25.0 Å². The highest BCUT2D eigenvalue weighted by atomic mass is 16.4. The fraction of sp³-hybridized carbons (Fsp3) is 0.308. The van der Waals surface area contributed by atoms with Gasteiger partial charge < -0.3 is 16.1 Å². The summed E-state index contributed by atoms with van der Waals surface area (Å²) in [4.78, 5) is 14.6. The molecule has 0 aromatic heterocycles. The van der Waals surface area contributed by atoms with Crippen LogP contribution in [-0.2, 0) is 4.79 Å². The summed E-state index contributed by atoms with van der Waals surface area (Å²) in [5.41, 5.74) is 1.03. The van der Waals surface area contributed by atoms with Gasteiger partial charge >= 0.3 is 5.97 Å². The minimum atomic E-state index is -0.812. The van der Waals surface area contributed by atoms with E-state index in [1.165, 1.54) is 6.21 Å². The van der Waals surface area contributed by atoms with Crippen molar-refractivity contribution in [3.05, 3.63) is 29.8 Å². The molecule has 0 fully saturated rings. The molecule has 1 aromatic rings. The highest BCUT2D eigenvalue weighted by Crippen LogP contribution is 2.16. The fourth-order valence-corrected chi connectivity index (χ4v) is 1.54. The molecule has 0 spiro atoms. The van der Waals surface area contributed by atoms with Gasteiger partial charge in [-0.15, -0.1) is 0 Å². The van der Waals surface area contributed by atoms with Gasteiger partial charge in [0.25, 0.3) is 0 Å². The molecule has 6 nitrogen and oxygen atoms in total. The zero-order chi connectivity index (χ0) is 14.1. The van der Waals surface area contributed by atoms with Gasteiger partial charge in [0.05, 0.1) is 11.9 Å². The number of nitrogens with zero attached hydrogens (tertiary/aromatic N) is 2. The minimum Gasteiger partial charge on any atom is -0.507 e. The summed E-state index contributed by atoms with van der Waals surface area (Å²) >= 11 is 0. The number of phenolic OH excluding ortho intramolecular Hbond substituents is 1. The molecule has 0 saturated carbocycles. The molecule has 0 bridgehead atoms. The quantitative estimate of drug-likeness (QED) is 0.299. The number of aliphatic carboxylic acids is 1. The van der Waals surface area contributed by atoms with Gasteiger partial charge in [0, 0.05) is 18.5 Å². The zero-order valence-electron chi connectivity index (χ0n) is 10.5. The monoisotopic (exact) mass is 263 g/mol. The van der Waals surface area contributed by atoms with Crippen molar-refractivity contribution in [3.63, 3.8) is 0 Å². The highest BCUT2D eigenvalue weighted by Gasteiger charge is 2.05. The van der Waals surface area contributed by atoms with Crippen LogP contribution in [0.2, 0.25) is 0 Å². The van der Waals surface area contributed by atoms with Gasteiger partial charge in [-0.1, -0.05) is 12.1 Å². The second-order valence-electron chi connectivity index (χ2n) is 3.91. The van der Waals surface area contributed by atoms with E-state index in [9.17, 15) is 9.90 Å². The van der Waals surface area contributed by atoms with Crippen LogP contribution < -0.4 is 5.84 Å². The molecule has 102 valence electrons. The Morgan fingerprint density at radius 3 is 2.68 bits per heavy atom. The first-order chi connectivity index (χ1) is 9.15. The van der Waals surface area contributed by atoms with E-state index in [4.69, 9.17) is 10.9 Å². The zero-order valence-corrected chi connectivity index (χ0v) is 10.5. The summed E-state index contributed by atoms with van der Waals surface area (Å²) in [6.45, 7) is 0.461. The summed E-state index contributed by atoms with van der Waals surface area (Å²) in [6.07, 6.45) is 2.72. The number of benzene rings is 1. The van der Waals surface area contributed by atoms with E-state index in [1.54, 1.807) is 24.3 Å². The van der Waals surface area contributed by atoms with Crippen LogP contribution in [0.4, 0.5) is 0 Å². The van der Waals surface area contributed by atoms with Crippen molar-refractivity contribution in [2.45, 2.75) is 19.3 Å². The van der Waals surface area contributed by atoms with Gasteiger partial charge in [0.15, 0.2) is 0 Å². The number of aromatic hydroxyl groups is 1. The van der Waals surface area contributed by atoms with Crippen molar-refractivity contribution in [1.29, 1.82) is 0 Å². The van der Waals surface area contributed by atoms with E-state index in [0.717, 1.165) is 0 Å². The van der Waals surface area contributed by atoms with Gasteiger partial charge in [-0.2, -0.15) is 5.10 Å². The van der Waals surface area contributed by atoms with Crippen molar-refractivity contribution in [1.82, 2.24) is 0 Å². The van der Waals surface area contributed by atoms with E-state index in [-0.39, 0.29) is 12.2 Å². The maximum absolute atomic E-state index is 10.4. The maximum Gasteiger partial charge on any atom is 0.303 e. The number of hydrogen-bond acceptors (Lipinski definition) is 5. The maximum atomic E-state index is 10.4. The molecule has 0 unspecified atom stereocenters. The Morgan fingerprint density at radius 2 is 2.05 bits per heavy atom. The molecule has 1 aromatic carbocycles. The van der Waals surface area contributed by atoms with E-state index in [1.807, 2.05) is 0 Å². The molecule has 0 radical (unpaired) electrons. The van der Waals surface area contributed by atoms with Crippen molar-refractivity contribution in [3.8, 4) is 5.75 Å². The summed E-state index contributed by atoms with van der Waals surface area (Å²) in [7, 11) is 0. The van der Waals surface area contributed by atoms with Crippen LogP contribution in [0.25, 0.3) is 0 Å². The third-order valence-corrected chi connectivity index (χ3v) is 2.46. The molecule has 4 N–H and O–H groups in total. The van der Waals surface area contributed by atoms with Gasteiger partial charge in [-0.3, -0.25) is 9.79 Å². The number of carboxylic acid groups (broad SMARTS) is 1. The molecule has 19 heavy (non-hydrogen) atoms. The summed E-state index contributed by atoms with van der Waals surface area (Å²) in [6, 6.07) is 6.76. The van der Waals surface area contributed by atoms with Crippen LogP contribution in [0.5, 0.6) is 5.75 Å². The Labute approximate surface area is 111 Å². The first kappa shape index (κ1) is 14.7. The lowest BCUT2D eigenvalue weighted by atomic mass is 10.1. The number of hydrogen-bond donors (Lipinski definition) is 3. The normalized spacial score (nSPS) is 11.9. The van der Waals surface area contributed by atoms with Crippen LogP contribution in [0.1, 0.15) is 24.8 Å². The fourth-order valence-electron chi connectivity index (χ4n) is 1.54. The minimum absolute atomic E-state index is 0.103. The van der Waals surface area contributed by atoms with Gasteiger partial charge in [0.2, 0.25) is 0 Å². The van der Waals surface area contributed by atoms with Crippen molar-refractivity contribution < 1.29 is 15.0 Å². The number of para-hydroxylation sites is 1. The van der Waals surface area contributed by atoms with Crippen molar-refractivity contribution >= 4 is 17.9 Å². The average Bonchev–Trinajstić information content (AvgIpc) is 2.37. The van der Waals surface area contributed by atoms with Crippen molar-refractivity contribution in [2.24, 2.45) is 15.9 Å². The largest absolute Gasteiger partial charge is 0.507 e. The third kappa shape index (κ3) is 5.20. The standard InChI is InChI=1S/C13H17N3O3/c14-16-9-11(10-5-1-2-6-12(10)17)15-8-4-3-7-13(18)19/h1-2,5-6,9,17H,3-4,7-8,14H2,(H,18,19). The lowest BCUT2D eigenvalue weighted by Crippen LogP contribution is -2.06. The summed E-state index contributed by atoms with van der Waals surface area (Å²) < 4.78 is 0. The third-order valence-electron chi connectivity index (χ3n) is 2.46. The molecule has 0 amide bonds. The van der Waals surface area contributed by atoms with Crippen molar-refractivity contribution in [2.75, 3.05) is 6.54 Å². The topological polar surface area (TPSA) is 108 Å². The number of aliphatic imine (C=N–C) groups is 1. The Bertz CT molecular complexity index is 484. The number of nitrogens with two attached hydrogens (primary N) is 1. The van der Waals surface area contributed by atoms with Gasteiger partial charge in [-0.25, -0.2) is 0 Å². The number of carbonyl (C=O) groups is 1. The SMILES string of the molecule is NN=CC(=NCCCCC(=O)O)c1ccccc1O. The predicted molar refractivity (Wildman–Crippen MR) is 73.7 cm³/mol. The molecule has 1 rings (SSSR count). The number of unbranched alkanes of at least 4 members (excludes halogenated alkanes) is 1. The Morgan fingerprint density at radius 1 is 1.32 bits per heavy atom. The first-order valence-corrected chi connectivity index (χ1v) is 5.93. The Balaban J connectivity index is 2.67. The lowest BCUT2D eigenvalue weighted by molar-refractivity contribution is -0.137. The van der Waals surface area contributed by atoms with E-state index < -0.39 is 5.97 Å². The second-order valence-corrected chi connectivity index (χ2v) is 3.91. The molecule has 0 aliphatic rings. The number of carboxylic acids is 1. The van der Waals surface area contributed by atoms with Crippen LogP contribution >= 0.6 is 0 Å². The number of rotatable bonds is 7. The first-order valence-electron chi connectivity index (χ1n) is 5.93. The molecular weight excluding hydrogens is 246 g/mol. The van der Waals surface area contributed by atoms with E-state index >= 15 is 0 Å². The molecule has 0 heterocycles. The highest BCUT2D eigenvalue weighted by molar-refractivity contribution is 6.38. The second kappa shape index (κ2) is 7.86. The molecule has 0 atom stereocenters. The molecular formula is C13H17N3O3. The summed E-state index contributed by atoms with van der Waals surface area (Å²) in [5, 5.41) is 21.7. The van der Waals surface area contributed by atoms with E-state index in [2.05, 4.69) is 10.1 Å². The van der Waals surface area contributed by atoms with Crippen LogP contribution in [0, 0.1) is 0 Å². The molecule has 6 heteroatoms. The number of hydrazone groups is 1. The van der Waals surface area contributed by atoms with E-state index in [0.29, 0.717) is 30.7 Å². The molecule has 0 aliphatic carbocycles. The van der Waals surface area contributed by atoms with Crippen LogP contribution in [0.3, 0.4) is 0 Å². The summed E-state index contributed by atoms with van der Waals surface area (Å²) in [5.74, 6) is 4.41. The average molecular weight is 263 g/mol. The van der Waals surface area contributed by atoms with Gasteiger partial charge in [0.1, 0.15) is 5.75 Å². The number of phenols is 1.